The van der Waals surface area contributed by atoms with Gasteiger partial charge in [-0.15, -0.1) is 0 Å². The topological polar surface area (TPSA) is 83.8 Å². The molecule has 0 radical (unpaired) electrons. The van der Waals surface area contributed by atoms with Gasteiger partial charge in [0.05, 0.1) is 43.1 Å². The van der Waals surface area contributed by atoms with Gasteiger partial charge in [-0.05, 0) is 61.2 Å². The molecule has 0 unspecified atom stereocenters. The Labute approximate surface area is 202 Å². The molecule has 1 heterocycles. The molecule has 3 rings (SSSR count). The van der Waals surface area contributed by atoms with E-state index in [-0.39, 0.29) is 18.3 Å². The zero-order valence-corrected chi connectivity index (χ0v) is 20.4. The van der Waals surface area contributed by atoms with Gasteiger partial charge >= 0.3 is 5.97 Å². The highest BCUT2D eigenvalue weighted by Gasteiger charge is 2.25. The molecule has 0 amide bonds. The number of nitrogens with one attached hydrogen (secondary N) is 1. The molecule has 2 aromatic rings. The molecule has 0 saturated carbocycles. The molecule has 1 atom stereocenters. The molecule has 7 nitrogen and oxygen atoms in total. The van der Waals surface area contributed by atoms with Crippen LogP contribution in [-0.4, -0.2) is 52.6 Å². The molecule has 1 fully saturated rings. The van der Waals surface area contributed by atoms with Crippen LogP contribution in [0, 0.1) is 11.3 Å². The fraction of sp³-hybridized carbons (Fsp3) is 0.481. The maximum atomic E-state index is 12.0. The summed E-state index contributed by atoms with van der Waals surface area (Å²) in [4.78, 5) is 14.5. The highest BCUT2D eigenvalue weighted by Crippen LogP contribution is 2.36. The molecule has 0 aliphatic carbocycles. The SMILES string of the molecule is CCCN(c1ccc([C@H](COC)CC(=O)OC)cc1Nc1ccc(C#N)cc1)C1CCOCC1. The molecule has 7 heteroatoms. The summed E-state index contributed by atoms with van der Waals surface area (Å²) in [5, 5.41) is 12.7. The normalized spacial score (nSPS) is 14.8. The van der Waals surface area contributed by atoms with Gasteiger partial charge in [0, 0.05) is 44.5 Å². The van der Waals surface area contributed by atoms with Crippen LogP contribution in [0.15, 0.2) is 42.5 Å². The van der Waals surface area contributed by atoms with Crippen molar-refractivity contribution in [2.24, 2.45) is 0 Å². The van der Waals surface area contributed by atoms with Crippen molar-refractivity contribution in [1.29, 1.82) is 5.26 Å². The van der Waals surface area contributed by atoms with E-state index in [1.807, 2.05) is 12.1 Å². The standard InChI is InChI=1S/C27H35N3O4/c1-4-13-30(24-11-14-34-15-12-24)26-10-7-21(22(19-32-2)17-27(31)33-3)16-25(26)29-23-8-5-20(18-28)6-9-23/h5-10,16,22,24,29H,4,11-15,17,19H2,1-3H3/t22-/m0/s1. The summed E-state index contributed by atoms with van der Waals surface area (Å²) in [6, 6.07) is 16.4. The second kappa shape index (κ2) is 13.0. The molecular formula is C27H35N3O4. The Hall–Kier alpha value is -3.08. The summed E-state index contributed by atoms with van der Waals surface area (Å²) in [5.41, 5.74) is 4.62. The average molecular weight is 466 g/mol. The zero-order chi connectivity index (χ0) is 24.3. The van der Waals surface area contributed by atoms with Crippen molar-refractivity contribution >= 4 is 23.0 Å². The minimum Gasteiger partial charge on any atom is -0.469 e. The van der Waals surface area contributed by atoms with E-state index < -0.39 is 0 Å². The van der Waals surface area contributed by atoms with Gasteiger partial charge in [0.15, 0.2) is 0 Å². The zero-order valence-electron chi connectivity index (χ0n) is 20.4. The lowest BCUT2D eigenvalue weighted by Gasteiger charge is -2.37. The maximum Gasteiger partial charge on any atom is 0.306 e. The van der Waals surface area contributed by atoms with Crippen LogP contribution in [0.3, 0.4) is 0 Å². The van der Waals surface area contributed by atoms with Crippen molar-refractivity contribution in [3.63, 3.8) is 0 Å². The second-order valence-electron chi connectivity index (χ2n) is 8.56. The number of hydrogen-bond acceptors (Lipinski definition) is 7. The first-order valence-corrected chi connectivity index (χ1v) is 11.9. The quantitative estimate of drug-likeness (QED) is 0.468. The van der Waals surface area contributed by atoms with Crippen LogP contribution in [0.4, 0.5) is 17.1 Å². The van der Waals surface area contributed by atoms with Crippen LogP contribution in [0.5, 0.6) is 0 Å². The maximum absolute atomic E-state index is 12.0. The number of nitrogens with zero attached hydrogens (tertiary/aromatic N) is 2. The number of nitriles is 1. The van der Waals surface area contributed by atoms with Gasteiger partial charge in [-0.3, -0.25) is 4.79 Å². The Morgan fingerprint density at radius 3 is 2.56 bits per heavy atom. The summed E-state index contributed by atoms with van der Waals surface area (Å²) in [5.74, 6) is -0.377. The second-order valence-corrected chi connectivity index (χ2v) is 8.56. The van der Waals surface area contributed by atoms with Gasteiger partial charge in [0.25, 0.3) is 0 Å². The molecule has 34 heavy (non-hydrogen) atoms. The number of carbonyl (C=O) groups is 1. The monoisotopic (exact) mass is 465 g/mol. The van der Waals surface area contributed by atoms with Crippen molar-refractivity contribution in [2.45, 2.75) is 44.6 Å². The summed E-state index contributed by atoms with van der Waals surface area (Å²) >= 11 is 0. The molecule has 0 aromatic heterocycles. The number of hydrogen-bond donors (Lipinski definition) is 1. The molecule has 0 spiro atoms. The predicted octanol–water partition coefficient (Wildman–Crippen LogP) is 4.99. The minimum absolute atomic E-state index is 0.115. The first-order chi connectivity index (χ1) is 16.6. The number of anilines is 3. The third-order valence-electron chi connectivity index (χ3n) is 6.20. The van der Waals surface area contributed by atoms with Gasteiger partial charge < -0.3 is 24.4 Å². The lowest BCUT2D eigenvalue weighted by Crippen LogP contribution is -2.40. The Kier molecular flexibility index (Phi) is 9.75. The molecule has 182 valence electrons. The first-order valence-electron chi connectivity index (χ1n) is 11.9. The van der Waals surface area contributed by atoms with Crippen molar-refractivity contribution in [3.05, 3.63) is 53.6 Å². The molecule has 1 aliphatic heterocycles. The average Bonchev–Trinajstić information content (AvgIpc) is 2.88. The van der Waals surface area contributed by atoms with Gasteiger partial charge in [0.2, 0.25) is 0 Å². The molecule has 1 aliphatic rings. The molecule has 1 saturated heterocycles. The van der Waals surface area contributed by atoms with E-state index in [4.69, 9.17) is 19.5 Å². The Morgan fingerprint density at radius 1 is 1.21 bits per heavy atom. The summed E-state index contributed by atoms with van der Waals surface area (Å²) in [7, 11) is 3.05. The minimum atomic E-state index is -0.262. The summed E-state index contributed by atoms with van der Waals surface area (Å²) in [6.07, 6.45) is 3.27. The number of ether oxygens (including phenoxy) is 3. The van der Waals surface area contributed by atoms with E-state index in [2.05, 4.69) is 41.4 Å². The van der Waals surface area contributed by atoms with Crippen molar-refractivity contribution in [3.8, 4) is 6.07 Å². The van der Waals surface area contributed by atoms with Crippen LogP contribution in [0.2, 0.25) is 0 Å². The molecule has 1 N–H and O–H groups in total. The van der Waals surface area contributed by atoms with E-state index in [0.29, 0.717) is 18.2 Å². The number of esters is 1. The van der Waals surface area contributed by atoms with Crippen LogP contribution in [-0.2, 0) is 19.0 Å². The number of rotatable bonds is 11. The van der Waals surface area contributed by atoms with E-state index in [9.17, 15) is 4.79 Å². The number of carbonyl (C=O) groups excluding carboxylic acids is 1. The van der Waals surface area contributed by atoms with Gasteiger partial charge in [-0.2, -0.15) is 5.26 Å². The molecule has 2 aromatic carbocycles. The smallest absolute Gasteiger partial charge is 0.306 e. The Bertz CT molecular complexity index is 965. The van der Waals surface area contributed by atoms with E-state index >= 15 is 0 Å². The highest BCUT2D eigenvalue weighted by molar-refractivity contribution is 5.77. The fourth-order valence-corrected chi connectivity index (χ4v) is 4.44. The van der Waals surface area contributed by atoms with Crippen LogP contribution in [0.25, 0.3) is 0 Å². The third kappa shape index (κ3) is 6.72. The van der Waals surface area contributed by atoms with Crippen molar-refractivity contribution in [2.75, 3.05) is 50.8 Å². The predicted molar refractivity (Wildman–Crippen MR) is 134 cm³/mol. The van der Waals surface area contributed by atoms with Crippen LogP contribution >= 0.6 is 0 Å². The third-order valence-corrected chi connectivity index (χ3v) is 6.20. The largest absolute Gasteiger partial charge is 0.469 e. The van der Waals surface area contributed by atoms with Crippen LogP contribution in [0.1, 0.15) is 49.7 Å². The summed E-state index contributed by atoms with van der Waals surface area (Å²) < 4.78 is 15.9. The van der Waals surface area contributed by atoms with Gasteiger partial charge in [-0.1, -0.05) is 13.0 Å². The molecular weight excluding hydrogens is 430 g/mol. The Morgan fingerprint density at radius 2 is 1.94 bits per heavy atom. The van der Waals surface area contributed by atoms with E-state index in [1.165, 1.54) is 7.11 Å². The number of methoxy groups -OCH3 is 2. The van der Waals surface area contributed by atoms with E-state index in [1.54, 1.807) is 19.2 Å². The van der Waals surface area contributed by atoms with Gasteiger partial charge in [-0.25, -0.2) is 0 Å². The first kappa shape index (κ1) is 25.5. The van der Waals surface area contributed by atoms with Crippen molar-refractivity contribution in [1.82, 2.24) is 0 Å². The van der Waals surface area contributed by atoms with Crippen molar-refractivity contribution < 1.29 is 19.0 Å². The summed E-state index contributed by atoms with van der Waals surface area (Å²) in [6.45, 7) is 5.10. The molecule has 0 bridgehead atoms. The Balaban J connectivity index is 2.01. The fourth-order valence-electron chi connectivity index (χ4n) is 4.44. The lowest BCUT2D eigenvalue weighted by molar-refractivity contribution is -0.141. The van der Waals surface area contributed by atoms with E-state index in [0.717, 1.165) is 61.6 Å². The number of benzene rings is 2. The lowest BCUT2D eigenvalue weighted by atomic mass is 9.94. The van der Waals surface area contributed by atoms with Gasteiger partial charge in [0.1, 0.15) is 0 Å². The van der Waals surface area contributed by atoms with Crippen LogP contribution < -0.4 is 10.2 Å². The highest BCUT2D eigenvalue weighted by atomic mass is 16.5.